The van der Waals surface area contributed by atoms with Gasteiger partial charge in [0.15, 0.2) is 0 Å². The summed E-state index contributed by atoms with van der Waals surface area (Å²) in [6.45, 7) is 4.63. The molecule has 6 heterocycles. The Morgan fingerprint density at radius 2 is 0.570 bits per heavy atom. The van der Waals surface area contributed by atoms with Crippen molar-refractivity contribution in [3.05, 3.63) is 354 Å². The lowest BCUT2D eigenvalue weighted by Gasteiger charge is -2.40. The molecular weight excluding hydrogens is 1840 g/mol. The van der Waals surface area contributed by atoms with Gasteiger partial charge in [0.2, 0.25) is 17.7 Å². The highest BCUT2D eigenvalue weighted by molar-refractivity contribution is 8.16. The highest BCUT2D eigenvalue weighted by Gasteiger charge is 2.59. The molecule has 2 saturated carbocycles. The fraction of sp³-hybridized carbons (Fsp3) is 0.314. The molecule has 10 aromatic carbocycles. The number of carbonyl (C=O) groups excluding carboxylic acids is 5. The summed E-state index contributed by atoms with van der Waals surface area (Å²) >= 11 is 6.68. The minimum absolute atomic E-state index is 0.0147. The number of piperidine rings is 1. The Labute approximate surface area is 794 Å². The van der Waals surface area contributed by atoms with E-state index < -0.39 is 94.6 Å². The number of hydrogen-bond donors (Lipinski definition) is 2. The van der Waals surface area contributed by atoms with E-state index in [0.29, 0.717) is 57.3 Å². The van der Waals surface area contributed by atoms with Gasteiger partial charge in [0.25, 0.3) is 11.8 Å². The Morgan fingerprint density at radius 3 is 0.852 bits per heavy atom. The van der Waals surface area contributed by atoms with Gasteiger partial charge >= 0.3 is 0 Å². The number of thioether (sulfide) groups is 5. The second-order valence-corrected chi connectivity index (χ2v) is 42.0. The summed E-state index contributed by atoms with van der Waals surface area (Å²) in [7, 11) is 2.06. The molecule has 6 aliphatic heterocycles. The molecule has 7 aliphatic carbocycles. The predicted molar refractivity (Wildman–Crippen MR) is 506 cm³/mol. The lowest BCUT2D eigenvalue weighted by molar-refractivity contribution is -0.140. The Bertz CT molecular complexity index is 6490. The van der Waals surface area contributed by atoms with E-state index in [1.54, 1.807) is 5.01 Å². The number of benzene rings is 10. The van der Waals surface area contributed by atoms with E-state index in [4.69, 9.17) is 11.5 Å². The minimum atomic E-state index is -0.771. The monoisotopic (exact) mass is 1930 g/mol. The summed E-state index contributed by atoms with van der Waals surface area (Å²) in [5, 5.41) is 31.4. The van der Waals surface area contributed by atoms with Crippen LogP contribution in [0.25, 0.3) is 0 Å². The standard InChI is InChI=1S/C23H23F2N3OS.C22H21F2N3OS.C21H19F2N3OS.2C18H14F2N2OS/c1-27-12-9-16(10-13-27)22(29)28-23(11-8-15-4-2-3-5-19(15)23)30-21(26-28)18-14-17(24)6-7-20(18)25;23-15-9-10-18(24)16(12-15)20-26-27(21(28)19(25)14-7-8-14)22(29-20)11-3-5-13-4-1-2-6-17(13)22;22-14-7-8-17(23)15(11-14)19-25-26(20(27)18(24)13-5-6-13)21(28-19)10-9-12-3-1-2-4-16(12)21;2*1-11(23)22-18(9-8-12-4-2-3-5-15(12)18)24-17(21-22)14-10-13(19)6-7-16(14)20/h2-7,14,16H,8-13H2,1H3;1-2,4,6,9-10,12,14,19H,3,5,7-8,11,25H2;1-4,7-8,11,13,18H,5-6,9-10,24H2;2*2-7,10H,8-9H2,1H3/t;19-,22?;18-,21?;2*18-/m.0010/s1. The molecule has 23 rings (SSSR count). The minimum Gasteiger partial charge on any atom is -0.320 e. The van der Waals surface area contributed by atoms with E-state index in [1.165, 1.54) is 104 Å². The molecule has 3 fully saturated rings. The van der Waals surface area contributed by atoms with Gasteiger partial charge in [-0.2, -0.15) is 25.5 Å². The first-order valence-electron chi connectivity index (χ1n) is 44.9. The topological polar surface area (TPSA) is 219 Å². The van der Waals surface area contributed by atoms with Crippen LogP contribution in [0.1, 0.15) is 174 Å². The Balaban J connectivity index is 0.000000109. The number of rotatable bonds is 10. The van der Waals surface area contributed by atoms with Crippen molar-refractivity contribution in [3.8, 4) is 0 Å². The normalized spacial score (nSPS) is 23.5. The molecule has 33 heteroatoms. The molecule has 135 heavy (non-hydrogen) atoms. The Morgan fingerprint density at radius 1 is 0.326 bits per heavy atom. The van der Waals surface area contributed by atoms with Crippen LogP contribution >= 0.6 is 58.8 Å². The van der Waals surface area contributed by atoms with Gasteiger partial charge in [0.1, 0.15) is 108 Å². The third-order valence-electron chi connectivity index (χ3n) is 27.0. The molecule has 0 radical (unpaired) electrons. The molecule has 4 N–H and O–H groups in total. The van der Waals surface area contributed by atoms with Gasteiger partial charge in [-0.05, 0) is 288 Å². The Hall–Kier alpha value is -11.2. The maximum atomic E-state index is 14.5. The van der Waals surface area contributed by atoms with Crippen molar-refractivity contribution in [1.82, 2.24) is 29.9 Å². The van der Waals surface area contributed by atoms with Crippen molar-refractivity contribution in [2.45, 2.75) is 159 Å². The molecule has 1 saturated heterocycles. The molecule has 10 aromatic rings. The molecular formula is C102H91F10N13O5S5. The van der Waals surface area contributed by atoms with Crippen molar-refractivity contribution in [3.63, 3.8) is 0 Å². The van der Waals surface area contributed by atoms with Gasteiger partial charge in [0, 0.05) is 47.6 Å². The average Bonchev–Trinajstić information content (AvgIpc) is 1.56. The first-order chi connectivity index (χ1) is 65.0. The van der Waals surface area contributed by atoms with Crippen molar-refractivity contribution in [2.75, 3.05) is 20.1 Å². The number of hydrazone groups is 5. The van der Waals surface area contributed by atoms with Crippen LogP contribution in [-0.4, -0.2) is 117 Å². The van der Waals surface area contributed by atoms with E-state index in [-0.39, 0.29) is 75.1 Å². The molecule has 694 valence electrons. The lowest BCUT2D eigenvalue weighted by Crippen LogP contribution is -2.50. The molecule has 0 aromatic heterocycles. The van der Waals surface area contributed by atoms with Crippen LogP contribution < -0.4 is 11.5 Å². The molecule has 3 unspecified atom stereocenters. The van der Waals surface area contributed by atoms with E-state index in [1.807, 2.05) is 109 Å². The summed E-state index contributed by atoms with van der Waals surface area (Å²) in [5.74, 6) is -6.10. The number of likely N-dealkylation sites (tertiary alicyclic amines) is 1. The van der Waals surface area contributed by atoms with Crippen LogP contribution in [0.15, 0.2) is 238 Å². The van der Waals surface area contributed by atoms with Gasteiger partial charge in [0.05, 0.1) is 12.1 Å². The zero-order valence-corrected chi connectivity index (χ0v) is 77.5. The molecule has 0 bridgehead atoms. The number of fused-ring (bicyclic) bond motifs is 10. The van der Waals surface area contributed by atoms with Crippen molar-refractivity contribution >= 4 is 114 Å². The Kier molecular flexibility index (Phi) is 25.7. The zero-order chi connectivity index (χ0) is 94.3. The first kappa shape index (κ1) is 92.9. The summed E-state index contributed by atoms with van der Waals surface area (Å²) in [4.78, 5) is 63.2. The summed E-state index contributed by atoms with van der Waals surface area (Å²) in [6.07, 6.45) is 13.8. The molecule has 5 spiro atoms. The number of nitrogens with two attached hydrogens (primary N) is 2. The first-order valence-corrected chi connectivity index (χ1v) is 49.0. The fourth-order valence-corrected chi connectivity index (χ4v) is 27.1. The number of halogens is 10. The quantitative estimate of drug-likeness (QED) is 0.122. The van der Waals surface area contributed by atoms with Gasteiger partial charge in [-0.15, -0.1) is 0 Å². The molecule has 5 amide bonds. The van der Waals surface area contributed by atoms with E-state index in [2.05, 4.69) is 49.6 Å². The van der Waals surface area contributed by atoms with Crippen LogP contribution in [0.3, 0.4) is 0 Å². The smallest absolute Gasteiger partial charge is 0.261 e. The van der Waals surface area contributed by atoms with Crippen molar-refractivity contribution in [1.29, 1.82) is 0 Å². The van der Waals surface area contributed by atoms with Crippen LogP contribution in [0.4, 0.5) is 43.9 Å². The third kappa shape index (κ3) is 17.4. The third-order valence-corrected chi connectivity index (χ3v) is 34.1. The largest absolute Gasteiger partial charge is 0.320 e. The maximum absolute atomic E-state index is 14.5. The molecule has 7 atom stereocenters. The SMILES string of the molecule is CC(=O)N1N=C(c2cc(F)ccc2F)S[C@@]12CCc1ccccc12.CC(=O)N1N=C(c2cc(F)ccc2F)S[C@]12CCc1ccccc12.CN1CCC(C(=O)N2N=C(c3cc(F)ccc3F)SC23CCc2ccccc23)CC1.N[C@H](C(=O)N1N=C(c2cc(F)ccc2F)SC12CCCc1ccccc12)C1CC1.N[C@H](C(=O)N1N=C(c2cc(F)ccc2F)SC12CCc1ccccc12)C1CC1. The molecule has 13 aliphatic rings. The average molecular weight is 1930 g/mol. The number of amides is 5. The van der Waals surface area contributed by atoms with E-state index in [0.717, 1.165) is 225 Å². The zero-order valence-electron chi connectivity index (χ0n) is 73.5. The van der Waals surface area contributed by atoms with E-state index >= 15 is 0 Å². The predicted octanol–water partition coefficient (Wildman–Crippen LogP) is 20.3. The second-order valence-electron chi connectivity index (χ2n) is 35.6. The fourth-order valence-electron chi connectivity index (χ4n) is 19.8. The van der Waals surface area contributed by atoms with Gasteiger partial charge in [-0.25, -0.2) is 68.9 Å². The van der Waals surface area contributed by atoms with Crippen LogP contribution in [0.5, 0.6) is 0 Å². The highest BCUT2D eigenvalue weighted by atomic mass is 32.2. The number of aryl methyl sites for hydroxylation is 5. The van der Waals surface area contributed by atoms with Crippen molar-refractivity contribution < 1.29 is 67.9 Å². The number of carbonyl (C=O) groups is 5. The summed E-state index contributed by atoms with van der Waals surface area (Å²) < 4.78 is 140. The summed E-state index contributed by atoms with van der Waals surface area (Å²) in [6, 6.07) is 55.0. The highest BCUT2D eigenvalue weighted by Crippen LogP contribution is 2.61. The van der Waals surface area contributed by atoms with Gasteiger partial charge in [-0.1, -0.05) is 180 Å². The van der Waals surface area contributed by atoms with Crippen LogP contribution in [0, 0.1) is 75.9 Å². The maximum Gasteiger partial charge on any atom is 0.261 e. The number of nitrogens with zero attached hydrogens (tertiary/aromatic N) is 11. The van der Waals surface area contributed by atoms with Gasteiger partial charge in [-0.3, -0.25) is 24.0 Å². The molecule has 18 nitrogen and oxygen atoms in total. The second kappa shape index (κ2) is 37.4. The van der Waals surface area contributed by atoms with Gasteiger partial charge < -0.3 is 16.4 Å². The lowest BCUT2D eigenvalue weighted by atomic mass is 9.86. The number of hydrogen-bond acceptors (Lipinski definition) is 18. The van der Waals surface area contributed by atoms with Crippen molar-refractivity contribution in [2.24, 2.45) is 54.7 Å². The van der Waals surface area contributed by atoms with Crippen LogP contribution in [0.2, 0.25) is 0 Å². The summed E-state index contributed by atoms with van der Waals surface area (Å²) in [5.41, 5.74) is 23.8. The van der Waals surface area contributed by atoms with E-state index in [9.17, 15) is 67.9 Å². The van der Waals surface area contributed by atoms with Crippen LogP contribution in [-0.2, 0) is 80.4 Å².